The molecule has 1 atom stereocenters. The predicted octanol–water partition coefficient (Wildman–Crippen LogP) is 4.07. The van der Waals surface area contributed by atoms with E-state index < -0.39 is 6.17 Å². The third-order valence-electron chi connectivity index (χ3n) is 5.02. The van der Waals surface area contributed by atoms with E-state index in [1.54, 1.807) is 5.01 Å². The molecule has 31 heavy (non-hydrogen) atoms. The van der Waals surface area contributed by atoms with Crippen molar-refractivity contribution in [3.8, 4) is 0 Å². The Morgan fingerprint density at radius 2 is 1.65 bits per heavy atom. The molecule has 3 aromatic rings. The van der Waals surface area contributed by atoms with Crippen LogP contribution in [0.25, 0.3) is 5.70 Å². The summed E-state index contributed by atoms with van der Waals surface area (Å²) in [4.78, 5) is 18.0. The Hall–Kier alpha value is -2.80. The molecule has 0 unspecified atom stereocenters. The largest absolute Gasteiger partial charge is 0.298 e. The van der Waals surface area contributed by atoms with Crippen LogP contribution in [-0.4, -0.2) is 16.1 Å². The van der Waals surface area contributed by atoms with Crippen molar-refractivity contribution in [3.05, 3.63) is 105 Å². The highest BCUT2D eigenvalue weighted by Crippen LogP contribution is 2.34. The van der Waals surface area contributed by atoms with Crippen molar-refractivity contribution in [1.29, 1.82) is 0 Å². The van der Waals surface area contributed by atoms with Crippen molar-refractivity contribution in [2.24, 2.45) is 10.1 Å². The first-order chi connectivity index (χ1) is 15.1. The number of amides is 1. The minimum Gasteiger partial charge on any atom is -0.298 e. The zero-order valence-electron chi connectivity index (χ0n) is 16.1. The molecule has 8 heteroatoms. The van der Waals surface area contributed by atoms with Crippen molar-refractivity contribution in [3.63, 3.8) is 0 Å². The van der Waals surface area contributed by atoms with E-state index in [1.807, 2.05) is 72.8 Å². The van der Waals surface area contributed by atoms with Crippen LogP contribution >= 0.6 is 35.0 Å². The van der Waals surface area contributed by atoms with Crippen LogP contribution in [0, 0.1) is 0 Å². The van der Waals surface area contributed by atoms with Gasteiger partial charge in [0.25, 0.3) is 5.91 Å². The van der Waals surface area contributed by atoms with E-state index in [2.05, 4.69) is 5.32 Å². The second-order valence-electron chi connectivity index (χ2n) is 6.97. The number of fused-ring (bicyclic) bond motifs is 2. The molecule has 0 aromatic heterocycles. The van der Waals surface area contributed by atoms with E-state index in [9.17, 15) is 4.79 Å². The molecule has 2 aliphatic rings. The van der Waals surface area contributed by atoms with E-state index in [4.69, 9.17) is 33.3 Å². The number of halogens is 2. The number of hydrogen-bond acceptors (Lipinski definition) is 5. The molecule has 5 rings (SSSR count). The van der Waals surface area contributed by atoms with Gasteiger partial charge in [-0.05, 0) is 23.8 Å². The number of benzene rings is 3. The lowest BCUT2D eigenvalue weighted by Crippen LogP contribution is -2.50. The van der Waals surface area contributed by atoms with Crippen LogP contribution in [0.4, 0.5) is 0 Å². The standard InChI is InChI=1S/C23H16Cl2N4OS/c24-17-10-4-1-7-14(17)13-31-23-27-22(30)20-16-9-3-6-12-19(16)26-21(29(20)28-23)15-8-2-5-11-18(15)25/h1-12,21H,13H2,(H,27,28,30)/t21-/m1/s1. The van der Waals surface area contributed by atoms with Gasteiger partial charge in [0, 0.05) is 26.6 Å². The van der Waals surface area contributed by atoms with Gasteiger partial charge < -0.3 is 0 Å². The van der Waals surface area contributed by atoms with Crippen LogP contribution < -0.4 is 15.9 Å². The second kappa shape index (κ2) is 8.38. The van der Waals surface area contributed by atoms with E-state index in [-0.39, 0.29) is 5.91 Å². The number of nitrogens with one attached hydrogen (secondary N) is 1. The summed E-state index contributed by atoms with van der Waals surface area (Å²) in [7, 11) is 0. The number of hydrazone groups is 1. The topological polar surface area (TPSA) is 57.1 Å². The molecule has 0 saturated carbocycles. The zero-order chi connectivity index (χ0) is 21.4. The van der Waals surface area contributed by atoms with Crippen LogP contribution in [0.15, 0.2) is 82.9 Å². The highest BCUT2D eigenvalue weighted by Gasteiger charge is 2.35. The molecule has 0 fully saturated rings. The molecule has 1 N–H and O–H groups in total. The summed E-state index contributed by atoms with van der Waals surface area (Å²) in [5, 5.41) is 12.5. The van der Waals surface area contributed by atoms with Crippen LogP contribution in [0.3, 0.4) is 0 Å². The molecular weight excluding hydrogens is 451 g/mol. The predicted molar refractivity (Wildman–Crippen MR) is 125 cm³/mol. The molecule has 0 radical (unpaired) electrons. The Bertz CT molecular complexity index is 1340. The molecule has 2 heterocycles. The number of amidine groups is 1. The fourth-order valence-electron chi connectivity index (χ4n) is 3.54. The van der Waals surface area contributed by atoms with Gasteiger partial charge in [-0.1, -0.05) is 89.6 Å². The van der Waals surface area contributed by atoms with Gasteiger partial charge in [-0.2, -0.15) is 0 Å². The highest BCUT2D eigenvalue weighted by molar-refractivity contribution is 8.13. The molecule has 0 aliphatic carbocycles. The normalized spacial score (nSPS) is 17.3. The average Bonchev–Trinajstić information content (AvgIpc) is 2.78. The number of nitrogens with zero attached hydrogens (tertiary/aromatic N) is 3. The minimum atomic E-state index is -0.541. The fraction of sp³-hybridized carbons (Fsp3) is 0.0870. The van der Waals surface area contributed by atoms with Gasteiger partial charge in [0.1, 0.15) is 5.70 Å². The Kier molecular flexibility index (Phi) is 5.44. The fourth-order valence-corrected chi connectivity index (χ4v) is 4.91. The third kappa shape index (κ3) is 3.83. The minimum absolute atomic E-state index is 0.226. The lowest BCUT2D eigenvalue weighted by Gasteiger charge is -2.34. The number of thioether (sulfide) groups is 1. The van der Waals surface area contributed by atoms with E-state index >= 15 is 0 Å². The SMILES string of the molecule is O=C1NC(SCc2ccccc2Cl)=NN2C1=c1ccccc1=N[C@H]2c1ccccc1Cl. The number of hydrogen-bond donors (Lipinski definition) is 1. The summed E-state index contributed by atoms with van der Waals surface area (Å²) < 4.78 is 0. The molecule has 154 valence electrons. The number of carbonyl (C=O) groups excluding carboxylic acids is 1. The third-order valence-corrected chi connectivity index (χ3v) is 6.65. The Balaban J connectivity index is 1.58. The van der Waals surface area contributed by atoms with E-state index in [0.717, 1.165) is 21.7 Å². The second-order valence-corrected chi connectivity index (χ2v) is 8.75. The van der Waals surface area contributed by atoms with E-state index in [0.29, 0.717) is 26.7 Å². The maximum atomic E-state index is 13.2. The highest BCUT2D eigenvalue weighted by atomic mass is 35.5. The maximum absolute atomic E-state index is 13.2. The number of carbonyl (C=O) groups is 1. The Morgan fingerprint density at radius 3 is 2.45 bits per heavy atom. The molecule has 0 bridgehead atoms. The van der Waals surface area contributed by atoms with Gasteiger partial charge in [0.05, 0.1) is 5.36 Å². The van der Waals surface area contributed by atoms with Crippen LogP contribution in [0.5, 0.6) is 0 Å². The van der Waals surface area contributed by atoms with Crippen molar-refractivity contribution >= 4 is 51.7 Å². The van der Waals surface area contributed by atoms with Crippen LogP contribution in [-0.2, 0) is 10.5 Å². The first kappa shape index (κ1) is 20.1. The summed E-state index contributed by atoms with van der Waals surface area (Å²) in [6.45, 7) is 0. The van der Waals surface area contributed by atoms with Gasteiger partial charge >= 0.3 is 0 Å². The van der Waals surface area contributed by atoms with Gasteiger partial charge in [-0.15, -0.1) is 5.10 Å². The summed E-state index contributed by atoms with van der Waals surface area (Å²) in [6.07, 6.45) is -0.541. The van der Waals surface area contributed by atoms with Crippen LogP contribution in [0.2, 0.25) is 10.0 Å². The summed E-state index contributed by atoms with van der Waals surface area (Å²) in [6, 6.07) is 22.7. The molecule has 3 aromatic carbocycles. The number of para-hydroxylation sites is 1. The lowest BCUT2D eigenvalue weighted by atomic mass is 10.1. The van der Waals surface area contributed by atoms with Crippen molar-refractivity contribution in [2.75, 3.05) is 0 Å². The van der Waals surface area contributed by atoms with Crippen LogP contribution in [0.1, 0.15) is 17.3 Å². The molecule has 0 saturated heterocycles. The summed E-state index contributed by atoms with van der Waals surface area (Å²) in [5.41, 5.74) is 2.21. The molecule has 5 nitrogen and oxygen atoms in total. The molecule has 2 aliphatic heterocycles. The Labute approximate surface area is 193 Å². The smallest absolute Gasteiger partial charge is 0.276 e. The molecular formula is C23H16Cl2N4OS. The van der Waals surface area contributed by atoms with Gasteiger partial charge in [0.15, 0.2) is 11.3 Å². The number of rotatable bonds is 3. The average molecular weight is 467 g/mol. The van der Waals surface area contributed by atoms with Crippen molar-refractivity contribution < 1.29 is 4.79 Å². The summed E-state index contributed by atoms with van der Waals surface area (Å²) >= 11 is 14.2. The molecule has 0 spiro atoms. The van der Waals surface area contributed by atoms with Crippen molar-refractivity contribution in [1.82, 2.24) is 10.3 Å². The van der Waals surface area contributed by atoms with E-state index in [1.165, 1.54) is 11.8 Å². The quantitative estimate of drug-likeness (QED) is 0.632. The zero-order valence-corrected chi connectivity index (χ0v) is 18.5. The summed E-state index contributed by atoms with van der Waals surface area (Å²) in [5.74, 6) is 0.350. The van der Waals surface area contributed by atoms with Gasteiger partial charge in [0.2, 0.25) is 0 Å². The van der Waals surface area contributed by atoms with Crippen molar-refractivity contribution in [2.45, 2.75) is 11.9 Å². The van der Waals surface area contributed by atoms with Gasteiger partial charge in [-0.25, -0.2) is 5.01 Å². The first-order valence-corrected chi connectivity index (χ1v) is 11.3. The maximum Gasteiger partial charge on any atom is 0.276 e. The lowest BCUT2D eigenvalue weighted by molar-refractivity contribution is -0.116. The monoisotopic (exact) mass is 466 g/mol. The molecule has 1 amide bonds. The Morgan fingerprint density at radius 1 is 0.935 bits per heavy atom. The first-order valence-electron chi connectivity index (χ1n) is 9.59. The van der Waals surface area contributed by atoms with Gasteiger partial charge in [-0.3, -0.25) is 15.1 Å².